The highest BCUT2D eigenvalue weighted by molar-refractivity contribution is 6.39. The molecule has 38 heteroatoms. The van der Waals surface area contributed by atoms with Gasteiger partial charge in [-0.05, 0) is 189 Å². The number of primary amides is 3. The molecule has 3 unspecified atom stereocenters. The van der Waals surface area contributed by atoms with Gasteiger partial charge in [-0.1, -0.05) is 201 Å². The molecule has 13 rings (SSSR count). The van der Waals surface area contributed by atoms with E-state index in [1.807, 2.05) is 62.3 Å². The number of carbonyl (C=O) groups is 18. The van der Waals surface area contributed by atoms with Crippen LogP contribution in [0.5, 0.6) is 11.5 Å². The molecule has 18 atom stereocenters. The number of fused-ring (bicyclic) bond motifs is 3. The number of esters is 3. The molecule has 0 aromatic heterocycles. The summed E-state index contributed by atoms with van der Waals surface area (Å²) in [5, 5.41) is 24.8. The Morgan fingerprint density at radius 2 is 0.650 bits per heavy atom. The number of nitrogens with one attached hydrogen (secondary N) is 9. The molecule has 8 aliphatic carbocycles. The molecule has 3 saturated heterocycles. The van der Waals surface area contributed by atoms with Crippen LogP contribution in [-0.2, 0) is 99.3 Å². The summed E-state index contributed by atoms with van der Waals surface area (Å²) in [5.74, 6) is -8.59. The third-order valence-corrected chi connectivity index (χ3v) is 30.3. The van der Waals surface area contributed by atoms with E-state index in [-0.39, 0.29) is 94.6 Å². The highest BCUT2D eigenvalue weighted by Gasteiger charge is 2.73. The zero-order valence-corrected chi connectivity index (χ0v) is 85.4. The molecule has 140 heavy (non-hydrogen) atoms. The van der Waals surface area contributed by atoms with Crippen LogP contribution in [0, 0.1) is 109 Å². The molecule has 772 valence electrons. The van der Waals surface area contributed by atoms with Gasteiger partial charge in [-0.2, -0.15) is 0 Å². The average Bonchev–Trinajstić information content (AvgIpc) is 1.53. The van der Waals surface area contributed by atoms with Crippen LogP contribution in [0.3, 0.4) is 0 Å². The van der Waals surface area contributed by atoms with Gasteiger partial charge in [0.15, 0.2) is 0 Å². The highest BCUT2D eigenvalue weighted by Crippen LogP contribution is 2.67. The quantitative estimate of drug-likeness (QED) is 0.0199. The molecule has 2 aromatic rings. The van der Waals surface area contributed by atoms with Crippen molar-refractivity contribution in [3.05, 3.63) is 59.7 Å². The number of Topliss-reactive ketones (excluding diaryl/α,β-unsaturated/α-hetero) is 3. The van der Waals surface area contributed by atoms with E-state index in [4.69, 9.17) is 40.9 Å². The largest absolute Gasteiger partial charge is 0.497 e. The van der Waals surface area contributed by atoms with Crippen LogP contribution < -0.4 is 74.5 Å². The lowest BCUT2D eigenvalue weighted by molar-refractivity contribution is -0.150. The zero-order chi connectivity index (χ0) is 104. The minimum Gasteiger partial charge on any atom is -0.497 e. The van der Waals surface area contributed by atoms with E-state index in [1.54, 1.807) is 139 Å². The number of rotatable bonds is 40. The fourth-order valence-corrected chi connectivity index (χ4v) is 20.3. The van der Waals surface area contributed by atoms with Crippen molar-refractivity contribution in [1.82, 2.24) is 62.6 Å². The summed E-state index contributed by atoms with van der Waals surface area (Å²) in [6.45, 7) is 38.7. The van der Waals surface area contributed by atoms with Gasteiger partial charge >= 0.3 is 36.0 Å². The number of piperidine rings is 3. The first-order valence-corrected chi connectivity index (χ1v) is 49.4. The lowest BCUT2D eigenvalue weighted by atomic mass is 9.85. The third-order valence-electron chi connectivity index (χ3n) is 30.3. The van der Waals surface area contributed by atoms with Crippen LogP contribution in [0.15, 0.2) is 48.5 Å². The standard InChI is InChI=1S/C36H53N5O8.C35H51N5O8.C31H47N5O7/c1-34(2,3)27(39-33(47)40-28(35(4,5)6)32(46)49-18-20-12-14-21(48-9)15-13-20)31(45)41-17-22-24(36(22,7)8)25(41)30(44)38-23(16-19-10-11-19)26(42)29(37)43;1-18(2)25(32(45)48-17-20-11-13-21(47-8)14-12-20)38-33(46)39-28(34(3,4)5)31(44)40-16-22-24(35(22,6)7)26(40)30(43)37-23(15-19-9-10-19)27(41)29(36)42;1-30(2,3)24(35-29(42)34-21(17-10-11-17)28(41)43-14-16-8-9-16)27(40)36-13-18-20(31(18,4)5)22(36)26(39)33-19(12-15-6-7-15)23(37)25(32)38/h12-15,19,22-25,27-28H,10-11,16-18H2,1-9H3,(H2,37,43)(H,38,44)(H2,39,40,47);11-14,18-19,22-26,28H,9-10,15-17H2,1-8H3,(H2,36,42)(H,37,43)(H2,38,39,46);15-22,24H,6-14H2,1-5H3,(H2,32,38)(H,33,39)(H2,34,35,42)/t22-,23?,24-,25-,27+,28+;22-,23?,24-,25-,26-,28+;18-,19?,20-,21-,22-,24+/m000/s1. The second-order valence-electron chi connectivity index (χ2n) is 47.1. The number of amides is 15. The maximum absolute atomic E-state index is 14.3. The second kappa shape index (κ2) is 42.7. The van der Waals surface area contributed by atoms with Crippen LogP contribution in [0.4, 0.5) is 14.4 Å². The van der Waals surface area contributed by atoms with Gasteiger partial charge in [0.25, 0.3) is 17.7 Å². The van der Waals surface area contributed by atoms with E-state index in [1.165, 1.54) is 14.7 Å². The maximum atomic E-state index is 14.3. The predicted octanol–water partition coefficient (Wildman–Crippen LogP) is 6.24. The lowest BCUT2D eigenvalue weighted by Gasteiger charge is -2.38. The Balaban J connectivity index is 0.000000201. The number of ether oxygens (including phenoxy) is 5. The first-order chi connectivity index (χ1) is 65.1. The predicted molar refractivity (Wildman–Crippen MR) is 512 cm³/mol. The van der Waals surface area contributed by atoms with E-state index in [9.17, 15) is 86.3 Å². The van der Waals surface area contributed by atoms with Crippen molar-refractivity contribution in [1.29, 1.82) is 0 Å². The number of hydrogen-bond acceptors (Lipinski definition) is 23. The second-order valence-corrected chi connectivity index (χ2v) is 47.1. The molecule has 11 aliphatic rings. The van der Waals surface area contributed by atoms with Crippen LogP contribution in [0.2, 0.25) is 0 Å². The molecule has 8 saturated carbocycles. The number of methoxy groups -OCH3 is 2. The summed E-state index contributed by atoms with van der Waals surface area (Å²) < 4.78 is 26.8. The van der Waals surface area contributed by atoms with Crippen LogP contribution in [0.1, 0.15) is 233 Å². The molecule has 11 fully saturated rings. The van der Waals surface area contributed by atoms with E-state index >= 15 is 0 Å². The fraction of sp³-hybridized carbons (Fsp3) is 0.706. The first kappa shape index (κ1) is 109. The summed E-state index contributed by atoms with van der Waals surface area (Å²) >= 11 is 0. The van der Waals surface area contributed by atoms with Crippen molar-refractivity contribution in [3.8, 4) is 11.5 Å². The Labute approximate surface area is 820 Å². The Hall–Kier alpha value is -11.5. The van der Waals surface area contributed by atoms with Crippen molar-refractivity contribution in [2.45, 2.75) is 308 Å². The molecule has 38 nitrogen and oxygen atoms in total. The molecule has 3 heterocycles. The average molecular weight is 1960 g/mol. The van der Waals surface area contributed by atoms with Gasteiger partial charge in [-0.15, -0.1) is 0 Å². The SMILES string of the molecule is CC(C)(C)[C@H](NC(=O)N[C@H](C(=O)OCC1CC1)C1CC1)C(=O)N1C[C@H]2[C@@H]([C@H]1C(=O)NC(CC1CC1)C(=O)C(N)=O)C2(C)C.COc1ccc(COC(=O)[C@@H](NC(=O)N[C@H](C(=O)N2C[C@H]3[C@@H]([C@H]2C(=O)NC(CC2CC2)C(=O)C(N)=O)C3(C)C)C(C)(C)C)C(C)(C)C)cc1.COc1ccc(COC(=O)[C@@H](NC(=O)N[C@H](C(=O)N2C[C@H]3[C@@H]([C@H]2C(=O)NC(CC2CC2)C(=O)C(N)=O)C3(C)C)C(C)(C)C)C(C)C)cc1. The van der Waals surface area contributed by atoms with Crippen molar-refractivity contribution in [3.63, 3.8) is 0 Å². The summed E-state index contributed by atoms with van der Waals surface area (Å²) in [6, 6.07) is 0.238. The Bertz CT molecular complexity index is 5030. The molecule has 3 aliphatic heterocycles. The van der Waals surface area contributed by atoms with Gasteiger partial charge in [0.05, 0.1) is 39.0 Å². The molecule has 0 bridgehead atoms. The number of nitrogens with zero attached hydrogens (tertiary/aromatic N) is 3. The van der Waals surface area contributed by atoms with Crippen molar-refractivity contribution >= 4 is 107 Å². The molecule has 15 amide bonds. The van der Waals surface area contributed by atoms with Crippen molar-refractivity contribution in [2.24, 2.45) is 126 Å². The lowest BCUT2D eigenvalue weighted by Crippen LogP contribution is -2.62. The van der Waals surface area contributed by atoms with Gasteiger partial charge < -0.3 is 103 Å². The molecule has 0 spiro atoms. The van der Waals surface area contributed by atoms with E-state index in [0.29, 0.717) is 62.9 Å². The number of nitrogens with two attached hydrogens (primary N) is 3. The first-order valence-electron chi connectivity index (χ1n) is 49.4. The number of hydrogen-bond donors (Lipinski definition) is 12. The zero-order valence-electron chi connectivity index (χ0n) is 85.4. The number of ketones is 3. The number of urea groups is 3. The topological polar surface area (TPSA) is 549 Å². The summed E-state index contributed by atoms with van der Waals surface area (Å²) in [7, 11) is 3.12. The fourth-order valence-electron chi connectivity index (χ4n) is 20.3. The van der Waals surface area contributed by atoms with Crippen LogP contribution >= 0.6 is 0 Å². The van der Waals surface area contributed by atoms with Gasteiger partial charge in [-0.3, -0.25) is 57.5 Å². The van der Waals surface area contributed by atoms with Gasteiger partial charge in [0.1, 0.15) is 79.1 Å². The van der Waals surface area contributed by atoms with E-state index < -0.39 is 201 Å². The van der Waals surface area contributed by atoms with Gasteiger partial charge in [0.2, 0.25) is 52.8 Å². The minimum absolute atomic E-state index is 0.00208. The van der Waals surface area contributed by atoms with Crippen molar-refractivity contribution in [2.75, 3.05) is 40.5 Å². The Morgan fingerprint density at radius 3 is 0.921 bits per heavy atom. The number of benzene rings is 2. The van der Waals surface area contributed by atoms with Crippen LogP contribution in [0.25, 0.3) is 0 Å². The van der Waals surface area contributed by atoms with Gasteiger partial charge in [-0.25, -0.2) is 28.8 Å². The highest BCUT2D eigenvalue weighted by atomic mass is 16.5. The smallest absolute Gasteiger partial charge is 0.329 e. The van der Waals surface area contributed by atoms with E-state index in [0.717, 1.165) is 75.3 Å². The molecular formula is C102H151N15O23. The van der Waals surface area contributed by atoms with Gasteiger partial charge in [0, 0.05) is 19.6 Å². The van der Waals surface area contributed by atoms with Crippen molar-refractivity contribution < 1.29 is 110 Å². The number of carbonyl (C=O) groups excluding carboxylic acids is 18. The Kier molecular flexibility index (Phi) is 33.2. The summed E-state index contributed by atoms with van der Waals surface area (Å²) in [4.78, 5) is 241. The van der Waals surface area contributed by atoms with Crippen LogP contribution in [-0.4, -0.2) is 234 Å². The number of likely N-dealkylation sites (tertiary alicyclic amines) is 3. The van der Waals surface area contributed by atoms with E-state index in [2.05, 4.69) is 47.9 Å². The third kappa shape index (κ3) is 26.8. The molecule has 15 N–H and O–H groups in total. The normalized spacial score (nSPS) is 24.3. The molecular weight excluding hydrogens is 1800 g/mol. The Morgan fingerprint density at radius 1 is 0.364 bits per heavy atom. The summed E-state index contributed by atoms with van der Waals surface area (Å²) in [6.07, 6.45) is 10.1. The molecule has 0 radical (unpaired) electrons. The molecule has 2 aromatic carbocycles. The maximum Gasteiger partial charge on any atom is 0.329 e. The summed E-state index contributed by atoms with van der Waals surface area (Å²) in [5.41, 5.74) is 13.7. The monoisotopic (exact) mass is 1950 g/mol. The minimum atomic E-state index is -1.11.